The Hall–Kier alpha value is -1.82. The average Bonchev–Trinajstić information content (AvgIpc) is 2.37. The van der Waals surface area contributed by atoms with E-state index in [0.29, 0.717) is 11.7 Å². The van der Waals surface area contributed by atoms with E-state index in [1.807, 2.05) is 31.2 Å². The fraction of sp³-hybridized carbons (Fsp3) is 0.429. The number of hydrogen-bond acceptors (Lipinski definition) is 4. The molecule has 2 aliphatic heterocycles. The maximum Gasteiger partial charge on any atom is 0.317 e. The SMILES string of the molecule is CCOC(=O)[C@@H]1[C@@H]2NC(=S)N[C@@]1(C)Oc1ccccc12. The molecular weight excluding hydrogens is 276 g/mol. The molecule has 3 rings (SSSR count). The fourth-order valence-corrected chi connectivity index (χ4v) is 3.21. The van der Waals surface area contributed by atoms with Gasteiger partial charge in [0, 0.05) is 5.56 Å². The topological polar surface area (TPSA) is 59.6 Å². The molecule has 2 heterocycles. The van der Waals surface area contributed by atoms with Crippen molar-refractivity contribution in [2.45, 2.75) is 25.6 Å². The summed E-state index contributed by atoms with van der Waals surface area (Å²) in [7, 11) is 0. The molecule has 1 saturated heterocycles. The lowest BCUT2D eigenvalue weighted by Gasteiger charge is -2.50. The number of rotatable bonds is 2. The van der Waals surface area contributed by atoms with Crippen molar-refractivity contribution in [3.8, 4) is 5.75 Å². The van der Waals surface area contributed by atoms with Crippen LogP contribution in [0.2, 0.25) is 0 Å². The van der Waals surface area contributed by atoms with Crippen LogP contribution in [0.5, 0.6) is 5.75 Å². The lowest BCUT2D eigenvalue weighted by Crippen LogP contribution is -2.70. The highest BCUT2D eigenvalue weighted by Crippen LogP contribution is 2.44. The molecule has 20 heavy (non-hydrogen) atoms. The number of carbonyl (C=O) groups excluding carboxylic acids is 1. The van der Waals surface area contributed by atoms with Gasteiger partial charge >= 0.3 is 5.97 Å². The normalized spacial score (nSPS) is 30.4. The van der Waals surface area contributed by atoms with Crippen molar-refractivity contribution < 1.29 is 14.3 Å². The zero-order chi connectivity index (χ0) is 14.3. The predicted molar refractivity (Wildman–Crippen MR) is 77.2 cm³/mol. The van der Waals surface area contributed by atoms with Crippen molar-refractivity contribution in [3.05, 3.63) is 29.8 Å². The Balaban J connectivity index is 2.08. The largest absolute Gasteiger partial charge is 0.467 e. The summed E-state index contributed by atoms with van der Waals surface area (Å²) in [4.78, 5) is 12.3. The fourth-order valence-electron chi connectivity index (χ4n) is 2.88. The average molecular weight is 292 g/mol. The Bertz CT molecular complexity index is 577. The third-order valence-electron chi connectivity index (χ3n) is 3.69. The monoisotopic (exact) mass is 292 g/mol. The molecule has 0 aromatic heterocycles. The van der Waals surface area contributed by atoms with Crippen molar-refractivity contribution in [2.75, 3.05) is 6.61 Å². The van der Waals surface area contributed by atoms with E-state index in [2.05, 4.69) is 10.6 Å². The molecule has 1 aromatic rings. The second kappa shape index (κ2) is 4.63. The van der Waals surface area contributed by atoms with E-state index in [0.717, 1.165) is 11.3 Å². The summed E-state index contributed by atoms with van der Waals surface area (Å²) in [6.45, 7) is 3.95. The lowest BCUT2D eigenvalue weighted by molar-refractivity contribution is -0.161. The predicted octanol–water partition coefficient (Wildman–Crippen LogP) is 1.49. The van der Waals surface area contributed by atoms with Crippen molar-refractivity contribution in [3.63, 3.8) is 0 Å². The summed E-state index contributed by atoms with van der Waals surface area (Å²) in [5.74, 6) is -0.0379. The Morgan fingerprint density at radius 3 is 3.00 bits per heavy atom. The molecule has 106 valence electrons. The van der Waals surface area contributed by atoms with Crippen LogP contribution >= 0.6 is 12.2 Å². The first-order valence-electron chi connectivity index (χ1n) is 6.58. The lowest BCUT2D eigenvalue weighted by atomic mass is 9.80. The smallest absolute Gasteiger partial charge is 0.317 e. The Morgan fingerprint density at radius 2 is 2.25 bits per heavy atom. The number of nitrogens with one attached hydrogen (secondary N) is 2. The summed E-state index contributed by atoms with van der Waals surface area (Å²) in [5.41, 5.74) is 0.0278. The maximum absolute atomic E-state index is 12.3. The van der Waals surface area contributed by atoms with E-state index in [9.17, 15) is 4.79 Å². The van der Waals surface area contributed by atoms with Gasteiger partial charge in [0.25, 0.3) is 0 Å². The van der Waals surface area contributed by atoms with E-state index in [-0.39, 0.29) is 12.0 Å². The second-order valence-electron chi connectivity index (χ2n) is 5.05. The summed E-state index contributed by atoms with van der Waals surface area (Å²) in [5, 5.41) is 6.69. The van der Waals surface area contributed by atoms with Crippen LogP contribution in [0.25, 0.3) is 0 Å². The van der Waals surface area contributed by atoms with Gasteiger partial charge in [0.2, 0.25) is 0 Å². The van der Waals surface area contributed by atoms with E-state index >= 15 is 0 Å². The molecule has 5 nitrogen and oxygen atoms in total. The highest BCUT2D eigenvalue weighted by atomic mass is 32.1. The Labute approximate surface area is 122 Å². The quantitative estimate of drug-likeness (QED) is 0.636. The van der Waals surface area contributed by atoms with Crippen LogP contribution in [0, 0.1) is 5.92 Å². The van der Waals surface area contributed by atoms with Gasteiger partial charge in [-0.25, -0.2) is 0 Å². The van der Waals surface area contributed by atoms with Crippen LogP contribution in [-0.2, 0) is 9.53 Å². The van der Waals surface area contributed by atoms with Gasteiger partial charge in [-0.2, -0.15) is 0 Å². The number of thiocarbonyl (C=S) groups is 1. The number of benzene rings is 1. The molecule has 2 bridgehead atoms. The van der Waals surface area contributed by atoms with Gasteiger partial charge in [-0.3, -0.25) is 4.79 Å². The van der Waals surface area contributed by atoms with Crippen LogP contribution in [0.1, 0.15) is 25.5 Å². The van der Waals surface area contributed by atoms with Gasteiger partial charge in [-0.1, -0.05) is 18.2 Å². The molecule has 0 radical (unpaired) electrons. The van der Waals surface area contributed by atoms with E-state index in [4.69, 9.17) is 21.7 Å². The third-order valence-corrected chi connectivity index (χ3v) is 3.91. The van der Waals surface area contributed by atoms with Crippen LogP contribution in [0.4, 0.5) is 0 Å². The number of ether oxygens (including phenoxy) is 2. The van der Waals surface area contributed by atoms with Crippen molar-refractivity contribution in [1.29, 1.82) is 0 Å². The molecule has 0 spiro atoms. The molecule has 0 unspecified atom stereocenters. The Kier molecular flexibility index (Phi) is 3.05. The summed E-state index contributed by atoms with van der Waals surface area (Å²) in [6.07, 6.45) is 0. The molecule has 0 saturated carbocycles. The zero-order valence-electron chi connectivity index (χ0n) is 11.3. The van der Waals surface area contributed by atoms with Gasteiger partial charge in [-0.05, 0) is 32.1 Å². The van der Waals surface area contributed by atoms with Gasteiger partial charge in [0.05, 0.1) is 12.6 Å². The number of carbonyl (C=O) groups is 1. The zero-order valence-corrected chi connectivity index (χ0v) is 12.1. The van der Waals surface area contributed by atoms with E-state index in [1.54, 1.807) is 6.92 Å². The summed E-state index contributed by atoms with van der Waals surface area (Å²) < 4.78 is 11.2. The standard InChI is InChI=1S/C14H16N2O3S/c1-3-18-12(17)10-11-8-6-4-5-7-9(8)19-14(10,2)16-13(20)15-11/h4-7,10-11H,3H2,1-2H3,(H2,15,16,20)/t10-,11+,14-/m0/s1. The highest BCUT2D eigenvalue weighted by Gasteiger charge is 2.55. The van der Waals surface area contributed by atoms with Gasteiger partial charge < -0.3 is 20.1 Å². The third kappa shape index (κ3) is 1.91. The number of para-hydroxylation sites is 1. The van der Waals surface area contributed by atoms with Crippen molar-refractivity contribution >= 4 is 23.3 Å². The first-order valence-corrected chi connectivity index (χ1v) is 6.99. The first-order chi connectivity index (χ1) is 9.55. The molecule has 2 aliphatic rings. The van der Waals surface area contributed by atoms with Gasteiger partial charge in [-0.15, -0.1) is 0 Å². The Morgan fingerprint density at radius 1 is 1.50 bits per heavy atom. The number of fused-ring (bicyclic) bond motifs is 4. The van der Waals surface area contributed by atoms with Crippen LogP contribution in [0.15, 0.2) is 24.3 Å². The first kappa shape index (κ1) is 13.2. The van der Waals surface area contributed by atoms with E-state index in [1.165, 1.54) is 0 Å². The summed E-state index contributed by atoms with van der Waals surface area (Å²) in [6, 6.07) is 7.41. The molecule has 1 fully saturated rings. The van der Waals surface area contributed by atoms with Crippen molar-refractivity contribution in [2.24, 2.45) is 5.92 Å². The minimum Gasteiger partial charge on any atom is -0.467 e. The minimum absolute atomic E-state index is 0.238. The molecule has 3 atom stereocenters. The molecule has 0 amide bonds. The van der Waals surface area contributed by atoms with Crippen LogP contribution in [0.3, 0.4) is 0 Å². The van der Waals surface area contributed by atoms with Gasteiger partial charge in [0.1, 0.15) is 11.7 Å². The van der Waals surface area contributed by atoms with Crippen LogP contribution in [-0.4, -0.2) is 23.4 Å². The summed E-state index contributed by atoms with van der Waals surface area (Å²) >= 11 is 5.21. The molecule has 6 heteroatoms. The highest BCUT2D eigenvalue weighted by molar-refractivity contribution is 7.80. The second-order valence-corrected chi connectivity index (χ2v) is 5.46. The van der Waals surface area contributed by atoms with Crippen LogP contribution < -0.4 is 15.4 Å². The maximum atomic E-state index is 12.3. The molecule has 2 N–H and O–H groups in total. The molecule has 1 aromatic carbocycles. The van der Waals surface area contributed by atoms with Gasteiger partial charge in [0.15, 0.2) is 10.8 Å². The molecular formula is C14H16N2O3S. The number of esters is 1. The van der Waals surface area contributed by atoms with E-state index < -0.39 is 11.6 Å². The van der Waals surface area contributed by atoms with Crippen molar-refractivity contribution in [1.82, 2.24) is 10.6 Å². The minimum atomic E-state index is -0.895. The number of hydrogen-bond donors (Lipinski definition) is 2. The molecule has 0 aliphatic carbocycles.